The van der Waals surface area contributed by atoms with E-state index in [4.69, 9.17) is 19.4 Å². The average Bonchev–Trinajstić information content (AvgIpc) is 2.97. The summed E-state index contributed by atoms with van der Waals surface area (Å²) in [7, 11) is 5.73. The van der Waals surface area contributed by atoms with Crippen LogP contribution in [0.1, 0.15) is 0 Å². The van der Waals surface area contributed by atoms with E-state index in [-0.39, 0.29) is 18.6 Å². The van der Waals surface area contributed by atoms with Crippen LogP contribution in [0.3, 0.4) is 0 Å². The Morgan fingerprint density at radius 3 is 2.42 bits per heavy atom. The highest BCUT2D eigenvalue weighted by atomic mass is 19.4. The Hall–Kier alpha value is -1.43. The second-order valence-electron chi connectivity index (χ2n) is 6.35. The summed E-state index contributed by atoms with van der Waals surface area (Å²) < 4.78 is 42.5. The maximum atomic E-state index is 11.9. The van der Waals surface area contributed by atoms with Gasteiger partial charge in [0.05, 0.1) is 18.8 Å². The number of carboxylic acid groups (broad SMARTS) is 1. The number of halogens is 3. The Bertz CT molecular complexity index is 476. The standard InChI is InChI=1S/C13H25N3O3.C2HF3O2/c1-14(2)4-5-15-6-7-19-12-9-16(8-11(12)15)13(17)10-18-3;3-2(4,5)1(6)7/h11-12H,4-10H2,1-3H3;(H,6,7)/t11-,12+;/m1./s1. The number of methoxy groups -OCH3 is 1. The van der Waals surface area contributed by atoms with Gasteiger partial charge in [-0.05, 0) is 14.1 Å². The van der Waals surface area contributed by atoms with Gasteiger partial charge in [-0.1, -0.05) is 0 Å². The van der Waals surface area contributed by atoms with E-state index in [9.17, 15) is 18.0 Å². The van der Waals surface area contributed by atoms with Gasteiger partial charge in [-0.2, -0.15) is 13.2 Å². The molecule has 26 heavy (non-hydrogen) atoms. The van der Waals surface area contributed by atoms with Crippen molar-refractivity contribution in [1.29, 1.82) is 0 Å². The van der Waals surface area contributed by atoms with Crippen LogP contribution >= 0.6 is 0 Å². The topological polar surface area (TPSA) is 82.5 Å². The van der Waals surface area contributed by atoms with Crippen LogP contribution < -0.4 is 0 Å². The van der Waals surface area contributed by atoms with Crippen LogP contribution in [0, 0.1) is 0 Å². The Morgan fingerprint density at radius 1 is 1.31 bits per heavy atom. The van der Waals surface area contributed by atoms with Crippen molar-refractivity contribution in [3.05, 3.63) is 0 Å². The highest BCUT2D eigenvalue weighted by Crippen LogP contribution is 2.22. The van der Waals surface area contributed by atoms with Gasteiger partial charge in [0.2, 0.25) is 5.91 Å². The molecular formula is C15H26F3N3O5. The van der Waals surface area contributed by atoms with Crippen molar-refractivity contribution in [2.45, 2.75) is 18.3 Å². The molecule has 0 aromatic heterocycles. The Kier molecular flexibility index (Phi) is 8.74. The van der Waals surface area contributed by atoms with Crippen LogP contribution in [-0.4, -0.2) is 117 Å². The van der Waals surface area contributed by atoms with E-state index >= 15 is 0 Å². The molecule has 0 aromatic rings. The SMILES string of the molecule is COCC(=O)N1C[C@@H]2OCCN(CCN(C)C)[C@@H]2C1.O=C(O)C(F)(F)F. The lowest BCUT2D eigenvalue weighted by Crippen LogP contribution is -2.52. The van der Waals surface area contributed by atoms with Crippen LogP contribution in [0.2, 0.25) is 0 Å². The molecule has 8 nitrogen and oxygen atoms in total. The molecule has 0 aromatic carbocycles. The maximum absolute atomic E-state index is 11.9. The van der Waals surface area contributed by atoms with Gasteiger partial charge in [0, 0.05) is 39.8 Å². The van der Waals surface area contributed by atoms with Crippen LogP contribution in [0.25, 0.3) is 0 Å². The molecule has 152 valence electrons. The minimum absolute atomic E-state index is 0.0630. The third-order valence-electron chi connectivity index (χ3n) is 4.11. The number of likely N-dealkylation sites (tertiary alicyclic amines) is 1. The second kappa shape index (κ2) is 10.0. The minimum atomic E-state index is -5.08. The molecule has 0 unspecified atom stereocenters. The minimum Gasteiger partial charge on any atom is -0.475 e. The lowest BCUT2D eigenvalue weighted by Gasteiger charge is -2.37. The number of morpholine rings is 1. The van der Waals surface area contributed by atoms with Crippen LogP contribution in [0.5, 0.6) is 0 Å². The van der Waals surface area contributed by atoms with E-state index in [1.54, 1.807) is 7.11 Å². The van der Waals surface area contributed by atoms with Gasteiger partial charge in [-0.3, -0.25) is 9.69 Å². The van der Waals surface area contributed by atoms with Crippen molar-refractivity contribution in [3.8, 4) is 0 Å². The van der Waals surface area contributed by atoms with Gasteiger partial charge in [-0.25, -0.2) is 4.79 Å². The summed E-state index contributed by atoms with van der Waals surface area (Å²) in [5.74, 6) is -2.69. The molecule has 0 saturated carbocycles. The smallest absolute Gasteiger partial charge is 0.475 e. The number of hydrogen-bond donors (Lipinski definition) is 1. The zero-order valence-corrected chi connectivity index (χ0v) is 15.2. The Morgan fingerprint density at radius 2 is 1.92 bits per heavy atom. The predicted molar refractivity (Wildman–Crippen MR) is 85.8 cm³/mol. The number of rotatable bonds is 5. The summed E-state index contributed by atoms with van der Waals surface area (Å²) in [5.41, 5.74) is 0. The number of aliphatic carboxylic acids is 1. The second-order valence-corrected chi connectivity index (χ2v) is 6.35. The molecule has 2 saturated heterocycles. The van der Waals surface area contributed by atoms with Crippen molar-refractivity contribution >= 4 is 11.9 Å². The van der Waals surface area contributed by atoms with Gasteiger partial charge in [-0.15, -0.1) is 0 Å². The summed E-state index contributed by atoms with van der Waals surface area (Å²) in [4.78, 5) is 27.3. The number of alkyl halides is 3. The monoisotopic (exact) mass is 385 g/mol. The van der Waals surface area contributed by atoms with Gasteiger partial charge in [0.25, 0.3) is 0 Å². The average molecular weight is 385 g/mol. The molecule has 11 heteroatoms. The number of carbonyl (C=O) groups is 2. The van der Waals surface area contributed by atoms with Crippen molar-refractivity contribution in [2.24, 2.45) is 0 Å². The summed E-state index contributed by atoms with van der Waals surface area (Å²) in [6.45, 7) is 5.42. The number of nitrogens with zero attached hydrogens (tertiary/aromatic N) is 3. The molecule has 2 atom stereocenters. The van der Waals surface area contributed by atoms with E-state index in [1.807, 2.05) is 4.90 Å². The zero-order valence-electron chi connectivity index (χ0n) is 15.2. The number of carboxylic acids is 1. The van der Waals surface area contributed by atoms with E-state index in [1.165, 1.54) is 0 Å². The molecule has 1 N–H and O–H groups in total. The highest BCUT2D eigenvalue weighted by molar-refractivity contribution is 5.78. The number of likely N-dealkylation sites (N-methyl/N-ethyl adjacent to an activating group) is 1. The first-order chi connectivity index (χ1) is 12.1. The summed E-state index contributed by atoms with van der Waals surface area (Å²) in [6, 6.07) is 0.342. The van der Waals surface area contributed by atoms with Gasteiger partial charge in [0.15, 0.2) is 0 Å². The largest absolute Gasteiger partial charge is 0.490 e. The fourth-order valence-electron chi connectivity index (χ4n) is 2.78. The van der Waals surface area contributed by atoms with Crippen LogP contribution in [0.15, 0.2) is 0 Å². The lowest BCUT2D eigenvalue weighted by atomic mass is 10.1. The Balaban J connectivity index is 0.000000412. The van der Waals surface area contributed by atoms with Gasteiger partial charge < -0.3 is 24.4 Å². The van der Waals surface area contributed by atoms with Crippen molar-refractivity contribution in [1.82, 2.24) is 14.7 Å². The van der Waals surface area contributed by atoms with E-state index in [0.717, 1.165) is 32.8 Å². The highest BCUT2D eigenvalue weighted by Gasteiger charge is 2.41. The fraction of sp³-hybridized carbons (Fsp3) is 0.867. The molecule has 2 heterocycles. The lowest BCUT2D eigenvalue weighted by molar-refractivity contribution is -0.192. The van der Waals surface area contributed by atoms with E-state index in [0.29, 0.717) is 12.6 Å². The summed E-state index contributed by atoms with van der Waals surface area (Å²) >= 11 is 0. The summed E-state index contributed by atoms with van der Waals surface area (Å²) in [5, 5.41) is 7.12. The first-order valence-corrected chi connectivity index (χ1v) is 8.13. The molecule has 0 bridgehead atoms. The quantitative estimate of drug-likeness (QED) is 0.698. The number of carbonyl (C=O) groups excluding carboxylic acids is 1. The third kappa shape index (κ3) is 7.06. The van der Waals surface area contributed by atoms with Crippen molar-refractivity contribution in [2.75, 3.05) is 67.1 Å². The third-order valence-corrected chi connectivity index (χ3v) is 4.11. The van der Waals surface area contributed by atoms with Crippen molar-refractivity contribution in [3.63, 3.8) is 0 Å². The molecule has 0 aliphatic carbocycles. The van der Waals surface area contributed by atoms with Crippen LogP contribution in [0.4, 0.5) is 13.2 Å². The van der Waals surface area contributed by atoms with Crippen LogP contribution in [-0.2, 0) is 19.1 Å². The molecular weight excluding hydrogens is 359 g/mol. The first-order valence-electron chi connectivity index (χ1n) is 8.13. The van der Waals surface area contributed by atoms with E-state index < -0.39 is 12.1 Å². The normalized spacial score (nSPS) is 23.4. The fourth-order valence-corrected chi connectivity index (χ4v) is 2.78. The first kappa shape index (κ1) is 22.6. The number of fused-ring (bicyclic) bond motifs is 1. The number of ether oxygens (including phenoxy) is 2. The maximum Gasteiger partial charge on any atom is 0.490 e. The molecule has 0 spiro atoms. The molecule has 2 aliphatic rings. The molecule has 1 amide bonds. The predicted octanol–water partition coefficient (Wildman–Crippen LogP) is -0.261. The van der Waals surface area contributed by atoms with Crippen molar-refractivity contribution < 1.29 is 37.3 Å². The summed E-state index contributed by atoms with van der Waals surface area (Å²) in [6.07, 6.45) is -4.92. The van der Waals surface area contributed by atoms with Gasteiger partial charge in [0.1, 0.15) is 6.61 Å². The number of hydrogen-bond acceptors (Lipinski definition) is 6. The molecule has 2 rings (SSSR count). The van der Waals surface area contributed by atoms with E-state index in [2.05, 4.69) is 23.9 Å². The molecule has 2 aliphatic heterocycles. The van der Waals surface area contributed by atoms with Gasteiger partial charge >= 0.3 is 12.1 Å². The zero-order chi connectivity index (χ0) is 19.9. The molecule has 2 fully saturated rings. The number of amides is 1. The Labute approximate surface area is 150 Å². The molecule has 0 radical (unpaired) electrons.